The zero-order chi connectivity index (χ0) is 7.72. The fraction of sp³-hybridized carbons (Fsp3) is 0.889. The van der Waals surface area contributed by atoms with E-state index in [1.165, 1.54) is 12.8 Å². The Balaban J connectivity index is 2.57. The molecular formula is C9H16Se. The van der Waals surface area contributed by atoms with E-state index in [4.69, 9.17) is 0 Å². The second kappa shape index (κ2) is 3.19. The third kappa shape index (κ3) is 1.71. The zero-order valence-corrected chi connectivity index (χ0v) is 8.77. The Morgan fingerprint density at radius 2 is 1.50 bits per heavy atom. The van der Waals surface area contributed by atoms with Crippen LogP contribution in [0.2, 0.25) is 0 Å². The fourth-order valence-electron chi connectivity index (χ4n) is 2.02. The predicted molar refractivity (Wildman–Crippen MR) is 47.5 cm³/mol. The van der Waals surface area contributed by atoms with Crippen molar-refractivity contribution < 1.29 is 0 Å². The van der Waals surface area contributed by atoms with Crippen LogP contribution >= 0.6 is 0 Å². The van der Waals surface area contributed by atoms with Gasteiger partial charge in [-0.2, -0.15) is 0 Å². The normalized spacial score (nSPS) is 41.9. The van der Waals surface area contributed by atoms with Crippen molar-refractivity contribution in [2.45, 2.75) is 33.6 Å². The molecule has 0 bridgehead atoms. The molecule has 0 N–H and O–H groups in total. The molecule has 0 aromatic rings. The summed E-state index contributed by atoms with van der Waals surface area (Å²) in [5.41, 5.74) is 0. The first-order valence-electron chi connectivity index (χ1n) is 4.15. The summed E-state index contributed by atoms with van der Waals surface area (Å²) in [5, 5.41) is 0. The van der Waals surface area contributed by atoms with Crippen molar-refractivity contribution in [1.29, 1.82) is 0 Å². The van der Waals surface area contributed by atoms with Gasteiger partial charge in [0.1, 0.15) is 0 Å². The quantitative estimate of drug-likeness (QED) is 0.528. The summed E-state index contributed by atoms with van der Waals surface area (Å²) in [6.07, 6.45) is 2.76. The summed E-state index contributed by atoms with van der Waals surface area (Å²) in [4.78, 5) is 0. The van der Waals surface area contributed by atoms with E-state index in [1.807, 2.05) is 0 Å². The molecule has 1 fully saturated rings. The number of rotatable bonds is 0. The van der Waals surface area contributed by atoms with Gasteiger partial charge >= 0.3 is 71.4 Å². The van der Waals surface area contributed by atoms with Crippen LogP contribution in [0.1, 0.15) is 33.6 Å². The van der Waals surface area contributed by atoms with Crippen molar-refractivity contribution >= 4 is 20.0 Å². The molecule has 1 heteroatoms. The van der Waals surface area contributed by atoms with Gasteiger partial charge in [-0.15, -0.1) is 0 Å². The van der Waals surface area contributed by atoms with Crippen LogP contribution in [0, 0.1) is 17.8 Å². The first-order chi connectivity index (χ1) is 4.61. The number of hydrogen-bond acceptors (Lipinski definition) is 0. The Morgan fingerprint density at radius 3 is 1.90 bits per heavy atom. The van der Waals surface area contributed by atoms with E-state index in [0.29, 0.717) is 0 Å². The van der Waals surface area contributed by atoms with Crippen LogP contribution in [-0.2, 0) is 0 Å². The van der Waals surface area contributed by atoms with Crippen LogP contribution in [0.3, 0.4) is 0 Å². The summed E-state index contributed by atoms with van der Waals surface area (Å²) in [6, 6.07) is 0. The molecule has 1 aliphatic rings. The molecule has 0 amide bonds. The molecule has 0 aliphatic heterocycles. The Kier molecular flexibility index (Phi) is 2.71. The summed E-state index contributed by atoms with van der Waals surface area (Å²) < 4.78 is 1.60. The van der Waals surface area contributed by atoms with Gasteiger partial charge in [-0.25, -0.2) is 0 Å². The zero-order valence-electron chi connectivity index (χ0n) is 7.05. The van der Waals surface area contributed by atoms with Crippen molar-refractivity contribution in [2.24, 2.45) is 17.8 Å². The van der Waals surface area contributed by atoms with Crippen molar-refractivity contribution in [2.75, 3.05) is 0 Å². The minimum absolute atomic E-state index is 0.818. The molecule has 0 heterocycles. The second-order valence-electron chi connectivity index (χ2n) is 3.78. The van der Waals surface area contributed by atoms with E-state index in [9.17, 15) is 0 Å². The Bertz CT molecular complexity index is 126. The van der Waals surface area contributed by atoms with Crippen LogP contribution < -0.4 is 0 Å². The van der Waals surface area contributed by atoms with Gasteiger partial charge in [0.25, 0.3) is 0 Å². The van der Waals surface area contributed by atoms with E-state index in [1.54, 1.807) is 4.42 Å². The van der Waals surface area contributed by atoms with Gasteiger partial charge < -0.3 is 0 Å². The summed E-state index contributed by atoms with van der Waals surface area (Å²) in [7, 11) is 0. The molecule has 0 aromatic carbocycles. The molecule has 0 radical (unpaired) electrons. The van der Waals surface area contributed by atoms with Gasteiger partial charge in [-0.3, -0.25) is 0 Å². The van der Waals surface area contributed by atoms with E-state index in [-0.39, 0.29) is 0 Å². The third-order valence-electron chi connectivity index (χ3n) is 2.48. The third-order valence-corrected chi connectivity index (χ3v) is 4.17. The maximum atomic E-state index is 3.22. The van der Waals surface area contributed by atoms with Gasteiger partial charge in [0.2, 0.25) is 0 Å². The van der Waals surface area contributed by atoms with Crippen LogP contribution in [0.5, 0.6) is 0 Å². The predicted octanol–water partition coefficient (Wildman–Crippen LogP) is 2.03. The van der Waals surface area contributed by atoms with Crippen molar-refractivity contribution in [3.63, 3.8) is 0 Å². The summed E-state index contributed by atoms with van der Waals surface area (Å²) >= 11 is 3.22. The minimum atomic E-state index is 0.818. The molecule has 3 atom stereocenters. The molecule has 2 unspecified atom stereocenters. The molecule has 0 nitrogen and oxygen atoms in total. The van der Waals surface area contributed by atoms with Gasteiger partial charge in [0.15, 0.2) is 0 Å². The molecular weight excluding hydrogens is 187 g/mol. The Morgan fingerprint density at radius 1 is 1.10 bits per heavy atom. The van der Waals surface area contributed by atoms with E-state index in [0.717, 1.165) is 17.8 Å². The van der Waals surface area contributed by atoms with Gasteiger partial charge in [-0.05, 0) is 0 Å². The summed E-state index contributed by atoms with van der Waals surface area (Å²) in [6.45, 7) is 7.02. The summed E-state index contributed by atoms with van der Waals surface area (Å²) in [5.74, 6) is 2.57. The Hall–Kier alpha value is 0.389. The second-order valence-corrected chi connectivity index (χ2v) is 4.77. The van der Waals surface area contributed by atoms with Crippen LogP contribution in [-0.4, -0.2) is 20.0 Å². The van der Waals surface area contributed by atoms with Crippen molar-refractivity contribution in [1.82, 2.24) is 0 Å². The molecule has 0 saturated heterocycles. The van der Waals surface area contributed by atoms with Crippen molar-refractivity contribution in [3.8, 4) is 0 Å². The monoisotopic (exact) mass is 204 g/mol. The Labute approximate surface area is 71.8 Å². The van der Waals surface area contributed by atoms with Crippen molar-refractivity contribution in [3.05, 3.63) is 0 Å². The standard InChI is InChI=1S/C9H16Se/c1-6-4-7(2)9(10)8(3)5-6/h6-8H,4-5H2,1-3H3/t6?,7-,8?/m0/s1. The maximum absolute atomic E-state index is 3.22. The van der Waals surface area contributed by atoms with Gasteiger partial charge in [-0.1, -0.05) is 0 Å². The van der Waals surface area contributed by atoms with E-state index in [2.05, 4.69) is 36.3 Å². The SMILES string of the molecule is CC1CC(C)C(=[Se])[C@@H](C)C1. The average Bonchev–Trinajstić information content (AvgIpc) is 1.82. The molecule has 10 heavy (non-hydrogen) atoms. The molecule has 1 aliphatic carbocycles. The first kappa shape index (κ1) is 8.49. The molecule has 58 valence electrons. The first-order valence-corrected chi connectivity index (χ1v) is 5.00. The van der Waals surface area contributed by atoms with Crippen LogP contribution in [0.15, 0.2) is 0 Å². The molecule has 0 aromatic heterocycles. The average molecular weight is 203 g/mol. The fourth-order valence-corrected chi connectivity index (χ4v) is 2.43. The number of hydrogen-bond donors (Lipinski definition) is 0. The molecule has 1 saturated carbocycles. The molecule has 1 rings (SSSR count). The van der Waals surface area contributed by atoms with E-state index < -0.39 is 0 Å². The van der Waals surface area contributed by atoms with Gasteiger partial charge in [0.05, 0.1) is 0 Å². The van der Waals surface area contributed by atoms with Crippen LogP contribution in [0.4, 0.5) is 0 Å². The topological polar surface area (TPSA) is 0 Å². The molecule has 0 spiro atoms. The van der Waals surface area contributed by atoms with Gasteiger partial charge in [0, 0.05) is 0 Å². The van der Waals surface area contributed by atoms with E-state index >= 15 is 0 Å². The van der Waals surface area contributed by atoms with Crippen LogP contribution in [0.25, 0.3) is 0 Å².